The average molecular weight is 685 g/mol. The maximum atomic E-state index is 5.05. The molecule has 6 rings (SSSR count). The SMILES string of the molecule is COc1c[c-]c(-c2ccccn2)cc1.[Ir+3].[c-]1ccccc1-c1ccccn1.[c-]1ccccc1-c1ccccn1. The molecule has 0 fully saturated rings. The van der Waals surface area contributed by atoms with Gasteiger partial charge in [-0.1, -0.05) is 36.4 Å². The Kier molecular flexibility index (Phi) is 12.3. The fraction of sp³-hybridized carbons (Fsp3) is 0.0294. The van der Waals surface area contributed by atoms with Gasteiger partial charge in [-0.2, -0.15) is 0 Å². The average Bonchev–Trinajstić information content (AvgIpc) is 3.04. The molecule has 3 heterocycles. The number of hydrogen-bond acceptors (Lipinski definition) is 4. The van der Waals surface area contributed by atoms with Crippen LogP contribution < -0.4 is 4.74 Å². The fourth-order valence-corrected chi connectivity index (χ4v) is 3.37. The molecule has 3 aromatic carbocycles. The molecule has 3 aromatic heterocycles. The molecule has 6 aromatic rings. The predicted molar refractivity (Wildman–Crippen MR) is 152 cm³/mol. The van der Waals surface area contributed by atoms with Crippen molar-refractivity contribution in [3.63, 3.8) is 0 Å². The van der Waals surface area contributed by atoms with Gasteiger partial charge in [-0.25, -0.2) is 0 Å². The van der Waals surface area contributed by atoms with Crippen LogP contribution in [0, 0.1) is 18.2 Å². The molecule has 0 aliphatic rings. The van der Waals surface area contributed by atoms with Crippen LogP contribution in [-0.4, -0.2) is 22.1 Å². The molecular weight excluding hydrogens is 659 g/mol. The Morgan fingerprint density at radius 2 is 0.923 bits per heavy atom. The number of pyridine rings is 3. The van der Waals surface area contributed by atoms with Gasteiger partial charge in [-0.05, 0) is 35.3 Å². The van der Waals surface area contributed by atoms with E-state index >= 15 is 0 Å². The number of methoxy groups -OCH3 is 1. The first-order chi connectivity index (χ1) is 18.8. The van der Waals surface area contributed by atoms with Crippen molar-refractivity contribution < 1.29 is 24.8 Å². The maximum absolute atomic E-state index is 5.05. The normalized spacial score (nSPS) is 9.46. The minimum atomic E-state index is 0. The quantitative estimate of drug-likeness (QED) is 0.179. The van der Waals surface area contributed by atoms with Gasteiger partial charge in [0.05, 0.1) is 7.11 Å². The van der Waals surface area contributed by atoms with Crippen LogP contribution in [0.1, 0.15) is 0 Å². The third-order valence-electron chi connectivity index (χ3n) is 5.26. The molecule has 192 valence electrons. The van der Waals surface area contributed by atoms with Crippen molar-refractivity contribution in [1.82, 2.24) is 15.0 Å². The summed E-state index contributed by atoms with van der Waals surface area (Å²) in [6, 6.07) is 48.2. The Labute approximate surface area is 243 Å². The van der Waals surface area contributed by atoms with E-state index in [0.717, 1.165) is 39.5 Å². The summed E-state index contributed by atoms with van der Waals surface area (Å²) >= 11 is 0. The summed E-state index contributed by atoms with van der Waals surface area (Å²) in [4.78, 5) is 12.7. The van der Waals surface area contributed by atoms with E-state index in [1.807, 2.05) is 121 Å². The molecule has 0 bridgehead atoms. The molecule has 5 heteroatoms. The largest absolute Gasteiger partial charge is 3.00 e. The number of rotatable bonds is 4. The number of ether oxygens (including phenoxy) is 1. The Hall–Kier alpha value is -4.44. The molecule has 0 amide bonds. The molecule has 0 radical (unpaired) electrons. The van der Waals surface area contributed by atoms with E-state index in [1.165, 1.54) is 0 Å². The molecule has 0 N–H and O–H groups in total. The second kappa shape index (κ2) is 16.4. The second-order valence-corrected chi connectivity index (χ2v) is 7.84. The van der Waals surface area contributed by atoms with E-state index in [0.29, 0.717) is 0 Å². The summed E-state index contributed by atoms with van der Waals surface area (Å²) in [6.07, 6.45) is 5.35. The van der Waals surface area contributed by atoms with Crippen LogP contribution in [0.2, 0.25) is 0 Å². The first-order valence-corrected chi connectivity index (χ1v) is 12.1. The zero-order valence-electron chi connectivity index (χ0n) is 21.4. The molecule has 0 atom stereocenters. The molecular formula is C34H26IrN3O. The van der Waals surface area contributed by atoms with Gasteiger partial charge in [0.1, 0.15) is 0 Å². The topological polar surface area (TPSA) is 47.9 Å². The van der Waals surface area contributed by atoms with Gasteiger partial charge in [0, 0.05) is 24.3 Å². The first kappa shape index (κ1) is 29.1. The van der Waals surface area contributed by atoms with Crippen LogP contribution in [0.25, 0.3) is 33.8 Å². The predicted octanol–water partition coefficient (Wildman–Crippen LogP) is 7.65. The fourth-order valence-electron chi connectivity index (χ4n) is 3.37. The van der Waals surface area contributed by atoms with Crippen molar-refractivity contribution in [3.8, 4) is 39.5 Å². The summed E-state index contributed by atoms with van der Waals surface area (Å²) in [7, 11) is 1.64. The molecule has 39 heavy (non-hydrogen) atoms. The van der Waals surface area contributed by atoms with Gasteiger partial charge in [-0.15, -0.1) is 102 Å². The Morgan fingerprint density at radius 3 is 1.23 bits per heavy atom. The first-order valence-electron chi connectivity index (χ1n) is 12.1. The third kappa shape index (κ3) is 9.42. The molecule has 0 aliphatic heterocycles. The summed E-state index contributed by atoms with van der Waals surface area (Å²) in [6.45, 7) is 0. The van der Waals surface area contributed by atoms with E-state index in [2.05, 4.69) is 33.2 Å². The van der Waals surface area contributed by atoms with Crippen LogP contribution >= 0.6 is 0 Å². The third-order valence-corrected chi connectivity index (χ3v) is 5.26. The van der Waals surface area contributed by atoms with Crippen LogP contribution in [0.5, 0.6) is 5.75 Å². The molecule has 0 aliphatic carbocycles. The van der Waals surface area contributed by atoms with Crippen molar-refractivity contribution >= 4 is 0 Å². The smallest absolute Gasteiger partial charge is 0.540 e. The summed E-state index contributed by atoms with van der Waals surface area (Å²) in [5, 5.41) is 0. The monoisotopic (exact) mass is 685 g/mol. The number of nitrogens with zero attached hydrogens (tertiary/aromatic N) is 3. The standard InChI is InChI=1S/C12H10NO.2C11H8N.Ir/c1-14-11-7-5-10(6-8-11)12-4-2-3-9-13-12;2*1-2-6-10(7-3-1)11-8-4-5-9-12-11;/h2-5,7-9H,1H3;2*1-6,8-9H;/q3*-1;+3. The Morgan fingerprint density at radius 1 is 0.487 bits per heavy atom. The second-order valence-electron chi connectivity index (χ2n) is 7.84. The van der Waals surface area contributed by atoms with Gasteiger partial charge < -0.3 is 19.7 Å². The van der Waals surface area contributed by atoms with Gasteiger partial charge in [0.2, 0.25) is 0 Å². The zero-order chi connectivity index (χ0) is 26.3. The van der Waals surface area contributed by atoms with Crippen molar-refractivity contribution in [2.24, 2.45) is 0 Å². The number of aromatic nitrogens is 3. The minimum absolute atomic E-state index is 0. The summed E-state index contributed by atoms with van der Waals surface area (Å²) < 4.78 is 5.05. The molecule has 0 saturated heterocycles. The molecule has 0 saturated carbocycles. The van der Waals surface area contributed by atoms with E-state index in [4.69, 9.17) is 4.74 Å². The van der Waals surface area contributed by atoms with Crippen LogP contribution in [0.4, 0.5) is 0 Å². The van der Waals surface area contributed by atoms with Crippen molar-refractivity contribution in [2.75, 3.05) is 7.11 Å². The van der Waals surface area contributed by atoms with Crippen molar-refractivity contribution in [1.29, 1.82) is 0 Å². The van der Waals surface area contributed by atoms with Crippen LogP contribution in [-0.2, 0) is 20.1 Å². The maximum Gasteiger partial charge on any atom is 3.00 e. The molecule has 4 nitrogen and oxygen atoms in total. The van der Waals surface area contributed by atoms with Gasteiger partial charge in [0.15, 0.2) is 0 Å². The van der Waals surface area contributed by atoms with E-state index in [1.54, 1.807) is 25.7 Å². The van der Waals surface area contributed by atoms with E-state index < -0.39 is 0 Å². The van der Waals surface area contributed by atoms with Crippen LogP contribution in [0.3, 0.4) is 0 Å². The number of hydrogen-bond donors (Lipinski definition) is 0. The van der Waals surface area contributed by atoms with Gasteiger partial charge in [0.25, 0.3) is 0 Å². The molecule has 0 spiro atoms. The summed E-state index contributed by atoms with van der Waals surface area (Å²) in [5.41, 5.74) is 5.92. The van der Waals surface area contributed by atoms with E-state index in [-0.39, 0.29) is 20.1 Å². The van der Waals surface area contributed by atoms with Crippen molar-refractivity contribution in [3.05, 3.63) is 158 Å². The Bertz CT molecular complexity index is 1300. The van der Waals surface area contributed by atoms with Crippen molar-refractivity contribution in [2.45, 2.75) is 0 Å². The van der Waals surface area contributed by atoms with Crippen LogP contribution in [0.15, 0.2) is 140 Å². The van der Waals surface area contributed by atoms with Gasteiger partial charge >= 0.3 is 20.1 Å². The zero-order valence-corrected chi connectivity index (χ0v) is 23.8. The summed E-state index contributed by atoms with van der Waals surface area (Å²) in [5.74, 6) is 0.810. The van der Waals surface area contributed by atoms with E-state index in [9.17, 15) is 0 Å². The number of benzene rings is 3. The minimum Gasteiger partial charge on any atom is -0.540 e. The Balaban J connectivity index is 0.000000160. The molecule has 0 unspecified atom stereocenters. The van der Waals surface area contributed by atoms with Gasteiger partial charge in [-0.3, -0.25) is 0 Å².